The molecule has 1 saturated heterocycles. The number of fused-ring (bicyclic) bond motifs is 1. The molecule has 40 heavy (non-hydrogen) atoms. The van der Waals surface area contributed by atoms with Crippen LogP contribution in [0.1, 0.15) is 36.0 Å². The van der Waals surface area contributed by atoms with Crippen molar-refractivity contribution in [2.75, 3.05) is 23.7 Å². The molecule has 0 aliphatic carbocycles. The van der Waals surface area contributed by atoms with Gasteiger partial charge in [0.1, 0.15) is 5.82 Å². The molecule has 1 amide bonds. The molecule has 3 heterocycles. The number of non-ortho nitro benzene ring substituents is 1. The predicted molar refractivity (Wildman–Crippen MR) is 156 cm³/mol. The van der Waals surface area contributed by atoms with Crippen LogP contribution in [0, 0.1) is 10.1 Å². The summed E-state index contributed by atoms with van der Waals surface area (Å²) in [6.07, 6.45) is 7.42. The SMILES string of the molecule is Cn1ccnc1-c1ccc(NC(=C2C(=O)Nc3ccc([N+](=O)[O-])cc32)c2ccc(CN3CCCCC3)cc2)cc1. The lowest BCUT2D eigenvalue weighted by Gasteiger charge is -2.26. The molecule has 0 atom stereocenters. The van der Waals surface area contributed by atoms with Crippen molar-refractivity contribution in [3.05, 3.63) is 106 Å². The standard InChI is InChI=1S/C31H30N6O3/c1-35-18-15-32-30(35)23-9-11-24(12-10-23)33-29(22-7-5-21(6-8-22)20-36-16-3-2-4-17-36)28-26-19-25(37(39)40)13-14-27(26)34-31(28)38/h5-15,18-19,33H,2-4,16-17,20H2,1H3,(H,34,38). The average molecular weight is 535 g/mol. The van der Waals surface area contributed by atoms with E-state index in [-0.39, 0.29) is 11.6 Å². The van der Waals surface area contributed by atoms with E-state index in [9.17, 15) is 14.9 Å². The molecule has 0 saturated carbocycles. The van der Waals surface area contributed by atoms with E-state index in [2.05, 4.69) is 32.7 Å². The Bertz CT molecular complexity index is 1600. The average Bonchev–Trinajstić information content (AvgIpc) is 3.54. The number of nitro groups is 1. The highest BCUT2D eigenvalue weighted by Gasteiger charge is 2.30. The maximum atomic E-state index is 13.3. The normalized spacial score (nSPS) is 16.4. The summed E-state index contributed by atoms with van der Waals surface area (Å²) < 4.78 is 1.95. The smallest absolute Gasteiger partial charge is 0.270 e. The summed E-state index contributed by atoms with van der Waals surface area (Å²) in [7, 11) is 1.95. The first-order valence-corrected chi connectivity index (χ1v) is 13.5. The van der Waals surface area contributed by atoms with Crippen LogP contribution in [0.5, 0.6) is 0 Å². The number of piperidine rings is 1. The van der Waals surface area contributed by atoms with E-state index < -0.39 is 4.92 Å². The van der Waals surface area contributed by atoms with Crippen molar-refractivity contribution in [2.24, 2.45) is 7.05 Å². The number of carbonyl (C=O) groups excluding carboxylic acids is 1. The van der Waals surface area contributed by atoms with Gasteiger partial charge in [-0.2, -0.15) is 0 Å². The second-order valence-electron chi connectivity index (χ2n) is 10.3. The number of nitro benzene ring substituents is 1. The molecule has 6 rings (SSSR count). The number of hydrogen-bond donors (Lipinski definition) is 2. The Kier molecular flexibility index (Phi) is 6.88. The minimum absolute atomic E-state index is 0.0663. The van der Waals surface area contributed by atoms with Gasteiger partial charge in [-0.25, -0.2) is 4.98 Å². The second-order valence-corrected chi connectivity index (χ2v) is 10.3. The fourth-order valence-electron chi connectivity index (χ4n) is 5.44. The zero-order chi connectivity index (χ0) is 27.6. The monoisotopic (exact) mass is 534 g/mol. The highest BCUT2D eigenvalue weighted by atomic mass is 16.6. The largest absolute Gasteiger partial charge is 0.354 e. The zero-order valence-electron chi connectivity index (χ0n) is 22.3. The van der Waals surface area contributed by atoms with E-state index in [0.29, 0.717) is 22.5 Å². The van der Waals surface area contributed by atoms with Gasteiger partial charge in [0.05, 0.1) is 16.2 Å². The summed E-state index contributed by atoms with van der Waals surface area (Å²) in [5, 5.41) is 17.9. The number of carbonyl (C=O) groups is 1. The van der Waals surface area contributed by atoms with E-state index in [0.717, 1.165) is 42.3 Å². The fourth-order valence-corrected chi connectivity index (χ4v) is 5.44. The van der Waals surface area contributed by atoms with E-state index in [1.807, 2.05) is 54.2 Å². The number of benzene rings is 3. The zero-order valence-corrected chi connectivity index (χ0v) is 22.3. The molecule has 2 N–H and O–H groups in total. The molecule has 0 radical (unpaired) electrons. The van der Waals surface area contributed by atoms with Crippen molar-refractivity contribution in [2.45, 2.75) is 25.8 Å². The summed E-state index contributed by atoms with van der Waals surface area (Å²) in [5.41, 5.74) is 5.73. The van der Waals surface area contributed by atoms with Gasteiger partial charge in [0.25, 0.3) is 11.6 Å². The van der Waals surface area contributed by atoms with Crippen molar-refractivity contribution < 1.29 is 9.72 Å². The maximum absolute atomic E-state index is 13.3. The van der Waals surface area contributed by atoms with Crippen molar-refractivity contribution in [3.63, 3.8) is 0 Å². The van der Waals surface area contributed by atoms with Crippen LogP contribution < -0.4 is 10.6 Å². The number of hydrogen-bond acceptors (Lipinski definition) is 6. The molecule has 2 aliphatic rings. The number of amides is 1. The quantitative estimate of drug-likeness (QED) is 0.173. The third-order valence-corrected chi connectivity index (χ3v) is 7.54. The molecule has 2 aliphatic heterocycles. The molecule has 1 fully saturated rings. The van der Waals surface area contributed by atoms with Crippen molar-refractivity contribution in [3.8, 4) is 11.4 Å². The minimum atomic E-state index is -0.445. The lowest BCUT2D eigenvalue weighted by Crippen LogP contribution is -2.29. The van der Waals surface area contributed by atoms with Gasteiger partial charge in [0, 0.05) is 60.6 Å². The van der Waals surface area contributed by atoms with Gasteiger partial charge < -0.3 is 15.2 Å². The Morgan fingerprint density at radius 3 is 2.45 bits per heavy atom. The Labute approximate surface area is 232 Å². The van der Waals surface area contributed by atoms with Gasteiger partial charge in [0.15, 0.2) is 0 Å². The van der Waals surface area contributed by atoms with Gasteiger partial charge in [-0.3, -0.25) is 19.8 Å². The Morgan fingerprint density at radius 1 is 1.02 bits per heavy atom. The van der Waals surface area contributed by atoms with Crippen LogP contribution >= 0.6 is 0 Å². The summed E-state index contributed by atoms with van der Waals surface area (Å²) in [6, 6.07) is 20.5. The third kappa shape index (κ3) is 5.11. The van der Waals surface area contributed by atoms with Gasteiger partial charge in [-0.1, -0.05) is 30.7 Å². The molecule has 9 nitrogen and oxygen atoms in total. The number of aromatic nitrogens is 2. The van der Waals surface area contributed by atoms with E-state index in [1.54, 1.807) is 12.3 Å². The molecule has 202 valence electrons. The molecular weight excluding hydrogens is 504 g/mol. The molecule has 1 aromatic heterocycles. The molecule has 9 heteroatoms. The van der Waals surface area contributed by atoms with Crippen LogP contribution in [-0.4, -0.2) is 38.4 Å². The predicted octanol–water partition coefficient (Wildman–Crippen LogP) is 5.91. The van der Waals surface area contributed by atoms with E-state index >= 15 is 0 Å². The van der Waals surface area contributed by atoms with Gasteiger partial charge >= 0.3 is 0 Å². The van der Waals surface area contributed by atoms with Crippen LogP contribution in [0.4, 0.5) is 17.1 Å². The van der Waals surface area contributed by atoms with Crippen molar-refractivity contribution in [1.29, 1.82) is 0 Å². The number of likely N-dealkylation sites (tertiary alicyclic amines) is 1. The Morgan fingerprint density at radius 2 is 1.77 bits per heavy atom. The number of aryl methyl sites for hydroxylation is 1. The van der Waals surface area contributed by atoms with Gasteiger partial charge in [-0.15, -0.1) is 0 Å². The highest BCUT2D eigenvalue weighted by molar-refractivity contribution is 6.37. The summed E-state index contributed by atoms with van der Waals surface area (Å²) in [6.45, 7) is 3.12. The topological polar surface area (TPSA) is 105 Å². The molecular formula is C31H30N6O3. The first-order valence-electron chi connectivity index (χ1n) is 13.5. The minimum Gasteiger partial charge on any atom is -0.354 e. The summed E-state index contributed by atoms with van der Waals surface area (Å²) in [5.74, 6) is 0.547. The Hall–Kier alpha value is -4.76. The van der Waals surface area contributed by atoms with E-state index in [4.69, 9.17) is 0 Å². The summed E-state index contributed by atoms with van der Waals surface area (Å²) >= 11 is 0. The maximum Gasteiger partial charge on any atom is 0.270 e. The number of nitrogens with one attached hydrogen (secondary N) is 2. The third-order valence-electron chi connectivity index (χ3n) is 7.54. The molecule has 4 aromatic rings. The molecule has 0 spiro atoms. The first kappa shape index (κ1) is 25.5. The van der Waals surface area contributed by atoms with Crippen LogP contribution in [0.2, 0.25) is 0 Å². The highest BCUT2D eigenvalue weighted by Crippen LogP contribution is 2.39. The Balaban J connectivity index is 1.39. The van der Waals surface area contributed by atoms with Crippen molar-refractivity contribution in [1.82, 2.24) is 14.5 Å². The number of imidazole rings is 1. The lowest BCUT2D eigenvalue weighted by atomic mass is 9.98. The lowest BCUT2D eigenvalue weighted by molar-refractivity contribution is -0.384. The number of rotatable bonds is 7. The molecule has 0 bridgehead atoms. The van der Waals surface area contributed by atoms with E-state index in [1.165, 1.54) is 37.0 Å². The summed E-state index contributed by atoms with van der Waals surface area (Å²) in [4.78, 5) is 31.3. The second kappa shape index (κ2) is 10.8. The number of nitrogens with zero attached hydrogens (tertiary/aromatic N) is 4. The van der Waals surface area contributed by atoms with Gasteiger partial charge in [0.2, 0.25) is 0 Å². The molecule has 3 aromatic carbocycles. The number of anilines is 2. The van der Waals surface area contributed by atoms with Crippen LogP contribution in [0.3, 0.4) is 0 Å². The first-order chi connectivity index (χ1) is 19.5. The molecule has 0 unspecified atom stereocenters. The van der Waals surface area contributed by atoms with Crippen molar-refractivity contribution >= 4 is 34.2 Å². The van der Waals surface area contributed by atoms with Crippen LogP contribution in [0.15, 0.2) is 79.1 Å². The van der Waals surface area contributed by atoms with Crippen LogP contribution in [0.25, 0.3) is 22.7 Å². The fraction of sp³-hybridized carbons (Fsp3) is 0.226. The van der Waals surface area contributed by atoms with Gasteiger partial charge in [-0.05, 0) is 67.4 Å². The van der Waals surface area contributed by atoms with Crippen LogP contribution in [-0.2, 0) is 18.4 Å².